The van der Waals surface area contributed by atoms with Gasteiger partial charge in [-0.3, -0.25) is 0 Å². The van der Waals surface area contributed by atoms with Crippen molar-refractivity contribution in [1.29, 1.82) is 0 Å². The van der Waals surface area contributed by atoms with Gasteiger partial charge < -0.3 is 10.1 Å². The second-order valence-corrected chi connectivity index (χ2v) is 1.36. The minimum absolute atomic E-state index is 0. The molecule has 0 aliphatic carbocycles. The third-order valence-electron chi connectivity index (χ3n) is 0.846. The smallest absolute Gasteiger partial charge is 0.0814 e. The van der Waals surface area contributed by atoms with Crippen LogP contribution in [0.15, 0.2) is 0 Å². The Morgan fingerprint density at radius 3 is 1.86 bits per heavy atom. The van der Waals surface area contributed by atoms with Gasteiger partial charge in [0.1, 0.15) is 0 Å². The molecule has 1 fully saturated rings. The Bertz CT molecular complexity index is 27.2. The third kappa shape index (κ3) is 2.65. The van der Waals surface area contributed by atoms with E-state index in [1.54, 1.807) is 0 Å². The van der Waals surface area contributed by atoms with Crippen LogP contribution in [0, 0.1) is 0 Å². The molecule has 0 radical (unpaired) electrons. The van der Waals surface area contributed by atoms with Gasteiger partial charge in [-0.05, 0) is 0 Å². The molecule has 3 heteroatoms. The predicted molar refractivity (Wildman–Crippen MR) is 33.6 cm³/mol. The fraction of sp³-hybridized carbons (Fsp3) is 1.00. The summed E-state index contributed by atoms with van der Waals surface area (Å²) in [6, 6.07) is 0. The molecule has 7 heavy (non-hydrogen) atoms. The van der Waals surface area contributed by atoms with Gasteiger partial charge in [-0.1, -0.05) is 0 Å². The average Bonchev–Trinajstić information content (AvgIpc) is 1.72. The minimum Gasteiger partial charge on any atom is -0.379 e. The van der Waals surface area contributed by atoms with E-state index in [2.05, 4.69) is 5.32 Å². The van der Waals surface area contributed by atoms with Gasteiger partial charge >= 0.3 is 0 Å². The highest BCUT2D eigenvalue weighted by Crippen LogP contribution is 1.76. The molecule has 1 aliphatic rings. The van der Waals surface area contributed by atoms with Gasteiger partial charge in [0, 0.05) is 13.1 Å². The lowest BCUT2D eigenvalue weighted by atomic mass is 10.5. The molecule has 0 amide bonds. The summed E-state index contributed by atoms with van der Waals surface area (Å²) in [5.74, 6) is 0. The zero-order valence-corrected chi connectivity index (χ0v) is 3.74. The number of rotatable bonds is 0. The van der Waals surface area contributed by atoms with Crippen LogP contribution >= 0.6 is 0 Å². The molecule has 1 rings (SSSR count). The molecule has 2 nitrogen and oxygen atoms in total. The van der Waals surface area contributed by atoms with Gasteiger partial charge in [0.2, 0.25) is 0 Å². The highest BCUT2D eigenvalue weighted by Gasteiger charge is 1.92. The van der Waals surface area contributed by atoms with Crippen LogP contribution < -0.4 is 5.32 Å². The van der Waals surface area contributed by atoms with Crippen molar-refractivity contribution in [2.75, 3.05) is 26.3 Å². The molecule has 1 saturated heterocycles. The average molecular weight is 101 g/mol. The van der Waals surface area contributed by atoms with Gasteiger partial charge in [0.05, 0.1) is 21.6 Å². The maximum absolute atomic E-state index is 5.01. The fourth-order valence-electron chi connectivity index (χ4n) is 0.516. The van der Waals surface area contributed by atoms with Crippen LogP contribution in [0.2, 0.25) is 0 Å². The highest BCUT2D eigenvalue weighted by atomic mass is 16.5. The summed E-state index contributed by atoms with van der Waals surface area (Å²) in [6.07, 6.45) is 0. The fourth-order valence-corrected chi connectivity index (χ4v) is 0.516. The number of morpholine rings is 1. The van der Waals surface area contributed by atoms with Crippen LogP contribution in [0.5, 0.6) is 0 Å². The molecule has 1 N–H and O–H groups in total. The van der Waals surface area contributed by atoms with Gasteiger partial charge in [0.25, 0.3) is 0 Å². The zero-order valence-electron chi connectivity index (χ0n) is 3.74. The van der Waals surface area contributed by atoms with Gasteiger partial charge in [-0.25, -0.2) is 0 Å². The monoisotopic (exact) mass is 101 g/mol. The largest absolute Gasteiger partial charge is 0.379 e. The van der Waals surface area contributed by atoms with Crippen molar-refractivity contribution < 1.29 is 4.74 Å². The molecule has 0 atom stereocenters. The zero-order chi connectivity index (χ0) is 4.24. The van der Waals surface area contributed by atoms with Crippen molar-refractivity contribution in [2.24, 2.45) is 0 Å². The van der Waals surface area contributed by atoms with E-state index >= 15 is 0 Å². The van der Waals surface area contributed by atoms with Crippen molar-refractivity contribution in [2.45, 2.75) is 0 Å². The van der Waals surface area contributed by atoms with E-state index in [-0.39, 0.29) is 8.41 Å². The first kappa shape index (κ1) is 6.98. The lowest BCUT2D eigenvalue weighted by Gasteiger charge is -2.10. The van der Waals surface area contributed by atoms with Crippen molar-refractivity contribution in [3.63, 3.8) is 0 Å². The summed E-state index contributed by atoms with van der Waals surface area (Å²) in [7, 11) is 0. The molecule has 0 aromatic rings. The van der Waals surface area contributed by atoms with E-state index in [1.165, 1.54) is 0 Å². The molecular formula is C4H12BNO. The quantitative estimate of drug-likeness (QED) is 0.372. The number of hydrogen-bond acceptors (Lipinski definition) is 2. The Morgan fingerprint density at radius 2 is 1.71 bits per heavy atom. The molecule has 0 aromatic heterocycles. The van der Waals surface area contributed by atoms with Crippen LogP contribution in [-0.2, 0) is 4.74 Å². The number of ether oxygens (including phenoxy) is 1. The molecular weight excluding hydrogens is 88.9 g/mol. The number of hydrogen-bond donors (Lipinski definition) is 1. The maximum atomic E-state index is 5.01. The molecule has 0 spiro atoms. The summed E-state index contributed by atoms with van der Waals surface area (Å²) in [5.41, 5.74) is 0. The van der Waals surface area contributed by atoms with Crippen LogP contribution in [-0.4, -0.2) is 34.7 Å². The topological polar surface area (TPSA) is 21.3 Å². The Kier molecular flexibility index (Phi) is 4.14. The Morgan fingerprint density at radius 1 is 1.14 bits per heavy atom. The summed E-state index contributed by atoms with van der Waals surface area (Å²) in [4.78, 5) is 0. The second kappa shape index (κ2) is 4.15. The van der Waals surface area contributed by atoms with Crippen molar-refractivity contribution >= 4 is 8.41 Å². The van der Waals surface area contributed by atoms with Crippen LogP contribution in [0.3, 0.4) is 0 Å². The first-order valence-corrected chi connectivity index (χ1v) is 2.28. The van der Waals surface area contributed by atoms with Gasteiger partial charge in [-0.15, -0.1) is 0 Å². The van der Waals surface area contributed by atoms with E-state index in [4.69, 9.17) is 4.74 Å². The Labute approximate surface area is 45.8 Å². The molecule has 0 saturated carbocycles. The van der Waals surface area contributed by atoms with Gasteiger partial charge in [-0.2, -0.15) is 0 Å². The lowest BCUT2D eigenvalue weighted by Crippen LogP contribution is -2.30. The minimum atomic E-state index is 0. The van der Waals surface area contributed by atoms with E-state index in [9.17, 15) is 0 Å². The van der Waals surface area contributed by atoms with E-state index < -0.39 is 0 Å². The third-order valence-corrected chi connectivity index (χ3v) is 0.846. The highest BCUT2D eigenvalue weighted by molar-refractivity contribution is 5.75. The first-order valence-electron chi connectivity index (χ1n) is 2.28. The maximum Gasteiger partial charge on any atom is 0.0814 e. The van der Waals surface area contributed by atoms with Crippen molar-refractivity contribution in [1.82, 2.24) is 5.32 Å². The normalized spacial score (nSPS) is 20.6. The van der Waals surface area contributed by atoms with Crippen LogP contribution in [0.25, 0.3) is 0 Å². The first-order chi connectivity index (χ1) is 3.00. The summed E-state index contributed by atoms with van der Waals surface area (Å²) in [6.45, 7) is 3.83. The Balaban J connectivity index is 0.000000360. The van der Waals surface area contributed by atoms with Crippen molar-refractivity contribution in [3.8, 4) is 0 Å². The van der Waals surface area contributed by atoms with Crippen LogP contribution in [0.1, 0.15) is 0 Å². The molecule has 1 heterocycles. The van der Waals surface area contributed by atoms with E-state index in [0.717, 1.165) is 26.3 Å². The molecule has 0 unspecified atom stereocenters. The standard InChI is InChI=1S/C4H9NO.BH3/c1-3-6-4-2-5-1;/h5H,1-4H2;1H3. The summed E-state index contributed by atoms with van der Waals surface area (Å²) in [5, 5.41) is 3.16. The second-order valence-electron chi connectivity index (χ2n) is 1.36. The molecule has 0 aromatic carbocycles. The lowest BCUT2D eigenvalue weighted by molar-refractivity contribution is 0.109. The van der Waals surface area contributed by atoms with Gasteiger partial charge in [0.15, 0.2) is 0 Å². The van der Waals surface area contributed by atoms with Crippen LogP contribution in [0.4, 0.5) is 0 Å². The Hall–Kier alpha value is -0.0151. The molecule has 42 valence electrons. The summed E-state index contributed by atoms with van der Waals surface area (Å²) >= 11 is 0. The molecule has 0 bridgehead atoms. The summed E-state index contributed by atoms with van der Waals surface area (Å²) < 4.78 is 5.01. The van der Waals surface area contributed by atoms with E-state index in [1.807, 2.05) is 0 Å². The molecule has 1 aliphatic heterocycles. The predicted octanol–water partition coefficient (Wildman–Crippen LogP) is -1.58. The van der Waals surface area contributed by atoms with E-state index in [0.29, 0.717) is 0 Å². The SMILES string of the molecule is B.C1COCCN1. The number of nitrogens with one attached hydrogen (secondary N) is 1. The van der Waals surface area contributed by atoms with Crippen molar-refractivity contribution in [3.05, 3.63) is 0 Å².